The lowest BCUT2D eigenvalue weighted by Gasteiger charge is -2.10. The zero-order valence-corrected chi connectivity index (χ0v) is 11.8. The Morgan fingerprint density at radius 2 is 2.12 bits per heavy atom. The molecule has 1 fully saturated rings. The van der Waals surface area contributed by atoms with Crippen molar-refractivity contribution >= 4 is 9.84 Å². The molecule has 0 amide bonds. The van der Waals surface area contributed by atoms with Gasteiger partial charge in [0.15, 0.2) is 9.84 Å². The third kappa shape index (κ3) is 7.01. The fourth-order valence-electron chi connectivity index (χ4n) is 1.90. The summed E-state index contributed by atoms with van der Waals surface area (Å²) in [5.74, 6) is 1.71. The smallest absolute Gasteiger partial charge is 0.150 e. The van der Waals surface area contributed by atoms with Crippen molar-refractivity contribution in [2.45, 2.75) is 26.7 Å². The highest BCUT2D eigenvalue weighted by atomic mass is 32.2. The van der Waals surface area contributed by atoms with Crippen LogP contribution in [0.5, 0.6) is 0 Å². The average molecular weight is 263 g/mol. The summed E-state index contributed by atoms with van der Waals surface area (Å²) in [6.45, 7) is 7.51. The largest absolute Gasteiger partial charge is 0.380 e. The second kappa shape index (κ2) is 7.34. The highest BCUT2D eigenvalue weighted by molar-refractivity contribution is 7.91. The zero-order valence-electron chi connectivity index (χ0n) is 10.9. The number of rotatable bonds is 8. The van der Waals surface area contributed by atoms with Gasteiger partial charge in [-0.2, -0.15) is 0 Å². The van der Waals surface area contributed by atoms with Crippen LogP contribution in [0.1, 0.15) is 26.7 Å². The molecule has 17 heavy (non-hydrogen) atoms. The van der Waals surface area contributed by atoms with E-state index in [9.17, 15) is 8.42 Å². The normalized spacial score (nSPS) is 23.4. The number of ether oxygens (including phenoxy) is 1. The van der Waals surface area contributed by atoms with Gasteiger partial charge < -0.3 is 10.1 Å². The summed E-state index contributed by atoms with van der Waals surface area (Å²) in [5, 5.41) is 3.26. The van der Waals surface area contributed by atoms with Gasteiger partial charge >= 0.3 is 0 Å². The van der Waals surface area contributed by atoms with E-state index in [4.69, 9.17) is 4.74 Å². The third-order valence-electron chi connectivity index (χ3n) is 3.02. The predicted octanol–water partition coefficient (Wildman–Crippen LogP) is 1.07. The van der Waals surface area contributed by atoms with Gasteiger partial charge in [-0.1, -0.05) is 13.8 Å². The summed E-state index contributed by atoms with van der Waals surface area (Å²) in [5.41, 5.74) is 0. The van der Waals surface area contributed by atoms with Crippen LogP contribution in [0, 0.1) is 11.8 Å². The van der Waals surface area contributed by atoms with E-state index in [1.165, 1.54) is 0 Å². The van der Waals surface area contributed by atoms with Crippen LogP contribution >= 0.6 is 0 Å². The maximum Gasteiger partial charge on any atom is 0.150 e. The van der Waals surface area contributed by atoms with Crippen LogP contribution in [0.3, 0.4) is 0 Å². The number of hydrogen-bond donors (Lipinski definition) is 1. The lowest BCUT2D eigenvalue weighted by Crippen LogP contribution is -2.27. The molecule has 1 unspecified atom stereocenters. The number of nitrogens with one attached hydrogen (secondary N) is 1. The van der Waals surface area contributed by atoms with Gasteiger partial charge in [-0.25, -0.2) is 8.42 Å². The second-order valence-electron chi connectivity index (χ2n) is 5.27. The molecule has 0 saturated carbocycles. The topological polar surface area (TPSA) is 55.4 Å². The third-order valence-corrected chi connectivity index (χ3v) is 4.86. The van der Waals surface area contributed by atoms with Gasteiger partial charge in [0.1, 0.15) is 0 Å². The molecule has 4 nitrogen and oxygen atoms in total. The molecule has 5 heteroatoms. The molecule has 1 saturated heterocycles. The Balaban J connectivity index is 1.91. The van der Waals surface area contributed by atoms with E-state index in [0.29, 0.717) is 29.9 Å². The molecule has 0 aliphatic carbocycles. The molecule has 0 aromatic heterocycles. The Bertz CT molecular complexity index is 301. The van der Waals surface area contributed by atoms with Gasteiger partial charge in [0.25, 0.3) is 0 Å². The van der Waals surface area contributed by atoms with Crippen molar-refractivity contribution in [1.82, 2.24) is 5.32 Å². The predicted molar refractivity (Wildman–Crippen MR) is 69.9 cm³/mol. The first-order valence-electron chi connectivity index (χ1n) is 6.48. The summed E-state index contributed by atoms with van der Waals surface area (Å²) < 4.78 is 27.9. The van der Waals surface area contributed by atoms with E-state index in [1.807, 2.05) is 0 Å². The Labute approximate surface area is 105 Å². The summed E-state index contributed by atoms with van der Waals surface area (Å²) in [7, 11) is -2.73. The van der Waals surface area contributed by atoms with E-state index in [2.05, 4.69) is 19.2 Å². The van der Waals surface area contributed by atoms with Gasteiger partial charge in [0, 0.05) is 13.2 Å². The van der Waals surface area contributed by atoms with Crippen LogP contribution < -0.4 is 5.32 Å². The summed E-state index contributed by atoms with van der Waals surface area (Å²) in [6, 6.07) is 0. The molecule has 0 aromatic rings. The molecular formula is C12H25NO3S. The second-order valence-corrected chi connectivity index (χ2v) is 7.50. The van der Waals surface area contributed by atoms with Crippen molar-refractivity contribution in [2.24, 2.45) is 11.8 Å². The minimum Gasteiger partial charge on any atom is -0.380 e. The first kappa shape index (κ1) is 14.9. The summed E-state index contributed by atoms with van der Waals surface area (Å²) in [6.07, 6.45) is 1.91. The van der Waals surface area contributed by atoms with E-state index >= 15 is 0 Å². The SMILES string of the molecule is CC(C)CCOCCNCC1CCS(=O)(=O)C1. The molecule has 0 radical (unpaired) electrons. The lowest BCUT2D eigenvalue weighted by atomic mass is 10.1. The fraction of sp³-hybridized carbons (Fsp3) is 1.00. The van der Waals surface area contributed by atoms with Crippen molar-refractivity contribution in [3.05, 3.63) is 0 Å². The summed E-state index contributed by atoms with van der Waals surface area (Å²) >= 11 is 0. The maximum atomic E-state index is 11.2. The molecule has 1 heterocycles. The average Bonchev–Trinajstić information content (AvgIpc) is 2.56. The van der Waals surface area contributed by atoms with Crippen molar-refractivity contribution in [1.29, 1.82) is 0 Å². The van der Waals surface area contributed by atoms with Gasteiger partial charge in [0.05, 0.1) is 18.1 Å². The van der Waals surface area contributed by atoms with Crippen molar-refractivity contribution in [3.8, 4) is 0 Å². The molecule has 1 atom stereocenters. The van der Waals surface area contributed by atoms with Crippen LogP contribution in [-0.4, -0.2) is 46.2 Å². The fourth-order valence-corrected chi connectivity index (χ4v) is 3.77. The van der Waals surface area contributed by atoms with Crippen LogP contribution in [0.2, 0.25) is 0 Å². The Kier molecular flexibility index (Phi) is 6.44. The quantitative estimate of drug-likeness (QED) is 0.666. The Hall–Kier alpha value is -0.130. The Morgan fingerprint density at radius 3 is 2.71 bits per heavy atom. The minimum atomic E-state index is -2.73. The highest BCUT2D eigenvalue weighted by Crippen LogP contribution is 2.17. The molecular weight excluding hydrogens is 238 g/mol. The minimum absolute atomic E-state index is 0.302. The van der Waals surface area contributed by atoms with Gasteiger partial charge in [0.2, 0.25) is 0 Å². The van der Waals surface area contributed by atoms with E-state index < -0.39 is 9.84 Å². The molecule has 0 aromatic carbocycles. The molecule has 1 N–H and O–H groups in total. The lowest BCUT2D eigenvalue weighted by molar-refractivity contribution is 0.125. The van der Waals surface area contributed by atoms with Crippen LogP contribution in [-0.2, 0) is 14.6 Å². The van der Waals surface area contributed by atoms with Gasteiger partial charge in [-0.05, 0) is 31.2 Å². The number of sulfone groups is 1. The molecule has 1 rings (SSSR count). The van der Waals surface area contributed by atoms with Crippen molar-refractivity contribution < 1.29 is 13.2 Å². The highest BCUT2D eigenvalue weighted by Gasteiger charge is 2.27. The summed E-state index contributed by atoms with van der Waals surface area (Å²) in [4.78, 5) is 0. The Morgan fingerprint density at radius 1 is 1.35 bits per heavy atom. The number of hydrogen-bond acceptors (Lipinski definition) is 4. The van der Waals surface area contributed by atoms with Gasteiger partial charge in [-0.3, -0.25) is 0 Å². The molecule has 1 aliphatic heterocycles. The van der Waals surface area contributed by atoms with E-state index in [1.54, 1.807) is 0 Å². The van der Waals surface area contributed by atoms with Crippen LogP contribution in [0.15, 0.2) is 0 Å². The molecule has 1 aliphatic rings. The zero-order chi connectivity index (χ0) is 12.7. The standard InChI is InChI=1S/C12H25NO3S/c1-11(2)3-6-16-7-5-13-9-12-4-8-17(14,15)10-12/h11-13H,3-10H2,1-2H3. The molecule has 102 valence electrons. The molecule has 0 spiro atoms. The maximum absolute atomic E-state index is 11.2. The van der Waals surface area contributed by atoms with Gasteiger partial charge in [-0.15, -0.1) is 0 Å². The van der Waals surface area contributed by atoms with Crippen molar-refractivity contribution in [2.75, 3.05) is 37.8 Å². The van der Waals surface area contributed by atoms with E-state index in [0.717, 1.165) is 32.5 Å². The first-order valence-corrected chi connectivity index (χ1v) is 8.30. The van der Waals surface area contributed by atoms with E-state index in [-0.39, 0.29) is 0 Å². The van der Waals surface area contributed by atoms with Crippen LogP contribution in [0.4, 0.5) is 0 Å². The monoisotopic (exact) mass is 263 g/mol. The first-order chi connectivity index (χ1) is 7.99. The van der Waals surface area contributed by atoms with Crippen molar-refractivity contribution in [3.63, 3.8) is 0 Å². The molecule has 0 bridgehead atoms. The van der Waals surface area contributed by atoms with Crippen LogP contribution in [0.25, 0.3) is 0 Å².